The van der Waals surface area contributed by atoms with E-state index >= 15 is 0 Å². The summed E-state index contributed by atoms with van der Waals surface area (Å²) in [6.07, 6.45) is 3.63. The standard InChI is InChI=1S/C18H25N3O2/c1-3-14(2)20-18(23)8-11-19-17(22)10-13-21-12-9-15-6-4-5-7-16(15)21/h4-7,9,12,14H,3,8,10-11,13H2,1-2H3,(H,19,22)(H,20,23)/t14-/m1/s1. The molecule has 0 unspecified atom stereocenters. The number of aromatic nitrogens is 1. The highest BCUT2D eigenvalue weighted by Crippen LogP contribution is 2.15. The number of fused-ring (bicyclic) bond motifs is 1. The fraction of sp³-hybridized carbons (Fsp3) is 0.444. The molecule has 2 aromatic rings. The highest BCUT2D eigenvalue weighted by Gasteiger charge is 2.07. The van der Waals surface area contributed by atoms with Gasteiger partial charge in [-0.3, -0.25) is 9.59 Å². The van der Waals surface area contributed by atoms with Gasteiger partial charge in [-0.25, -0.2) is 0 Å². The Balaban J connectivity index is 1.70. The quantitative estimate of drug-likeness (QED) is 0.786. The molecule has 0 spiro atoms. The normalized spacial score (nSPS) is 12.1. The molecule has 5 heteroatoms. The minimum atomic E-state index is -0.0286. The fourth-order valence-corrected chi connectivity index (χ4v) is 2.41. The van der Waals surface area contributed by atoms with E-state index in [1.807, 2.05) is 44.3 Å². The van der Waals surface area contributed by atoms with E-state index in [-0.39, 0.29) is 17.9 Å². The summed E-state index contributed by atoms with van der Waals surface area (Å²) in [4.78, 5) is 23.5. The van der Waals surface area contributed by atoms with E-state index < -0.39 is 0 Å². The van der Waals surface area contributed by atoms with Crippen molar-refractivity contribution in [3.63, 3.8) is 0 Å². The molecule has 0 aliphatic carbocycles. The van der Waals surface area contributed by atoms with Gasteiger partial charge in [0.1, 0.15) is 0 Å². The zero-order valence-corrected chi connectivity index (χ0v) is 13.8. The van der Waals surface area contributed by atoms with Crippen LogP contribution in [0.25, 0.3) is 10.9 Å². The van der Waals surface area contributed by atoms with Gasteiger partial charge in [-0.1, -0.05) is 25.1 Å². The molecule has 0 fully saturated rings. The van der Waals surface area contributed by atoms with Crippen molar-refractivity contribution in [2.45, 2.75) is 45.7 Å². The van der Waals surface area contributed by atoms with Gasteiger partial charge in [0.2, 0.25) is 11.8 Å². The molecule has 124 valence electrons. The van der Waals surface area contributed by atoms with E-state index in [9.17, 15) is 9.59 Å². The van der Waals surface area contributed by atoms with Crippen molar-refractivity contribution in [3.05, 3.63) is 36.5 Å². The molecule has 2 amide bonds. The van der Waals surface area contributed by atoms with Crippen molar-refractivity contribution >= 4 is 22.7 Å². The van der Waals surface area contributed by atoms with E-state index in [0.717, 1.165) is 11.9 Å². The molecule has 1 aromatic heterocycles. The van der Waals surface area contributed by atoms with Gasteiger partial charge in [0.15, 0.2) is 0 Å². The maximum absolute atomic E-state index is 11.9. The van der Waals surface area contributed by atoms with Gasteiger partial charge in [0.25, 0.3) is 0 Å². The van der Waals surface area contributed by atoms with Crippen LogP contribution in [0.15, 0.2) is 36.5 Å². The first-order valence-electron chi connectivity index (χ1n) is 8.20. The van der Waals surface area contributed by atoms with Crippen molar-refractivity contribution in [1.82, 2.24) is 15.2 Å². The lowest BCUT2D eigenvalue weighted by molar-refractivity contribution is -0.122. The number of nitrogens with one attached hydrogen (secondary N) is 2. The van der Waals surface area contributed by atoms with Crippen LogP contribution in [0.5, 0.6) is 0 Å². The number of nitrogens with zero attached hydrogens (tertiary/aromatic N) is 1. The number of carbonyl (C=O) groups is 2. The van der Waals surface area contributed by atoms with Gasteiger partial charge < -0.3 is 15.2 Å². The average Bonchev–Trinajstić information content (AvgIpc) is 2.96. The summed E-state index contributed by atoms with van der Waals surface area (Å²) in [6, 6.07) is 10.3. The third kappa shape index (κ3) is 5.13. The number of carbonyl (C=O) groups excluding carboxylic acids is 2. The molecule has 1 aromatic carbocycles. The summed E-state index contributed by atoms with van der Waals surface area (Å²) in [7, 11) is 0. The van der Waals surface area contributed by atoms with E-state index in [4.69, 9.17) is 0 Å². The van der Waals surface area contributed by atoms with Gasteiger partial charge in [-0.05, 0) is 30.9 Å². The van der Waals surface area contributed by atoms with Crippen LogP contribution in [0.4, 0.5) is 0 Å². The van der Waals surface area contributed by atoms with Crippen LogP contribution in [0.3, 0.4) is 0 Å². The topological polar surface area (TPSA) is 63.1 Å². The SMILES string of the molecule is CC[C@@H](C)NC(=O)CCNC(=O)CCn1ccc2ccccc21. The Morgan fingerprint density at radius 3 is 2.70 bits per heavy atom. The first-order chi connectivity index (χ1) is 11.1. The molecule has 0 saturated heterocycles. The molecule has 0 radical (unpaired) electrons. The highest BCUT2D eigenvalue weighted by atomic mass is 16.2. The second-order valence-corrected chi connectivity index (χ2v) is 5.79. The van der Waals surface area contributed by atoms with Crippen LogP contribution in [-0.4, -0.2) is 29.0 Å². The lowest BCUT2D eigenvalue weighted by atomic mass is 10.2. The maximum Gasteiger partial charge on any atom is 0.221 e. The van der Waals surface area contributed by atoms with Crippen molar-refractivity contribution in [3.8, 4) is 0 Å². The van der Waals surface area contributed by atoms with Crippen LogP contribution >= 0.6 is 0 Å². The average molecular weight is 315 g/mol. The molecule has 0 aliphatic heterocycles. The van der Waals surface area contributed by atoms with Crippen LogP contribution in [-0.2, 0) is 16.1 Å². The van der Waals surface area contributed by atoms with Crippen molar-refractivity contribution in [1.29, 1.82) is 0 Å². The number of aryl methyl sites for hydroxylation is 1. The van der Waals surface area contributed by atoms with E-state index in [2.05, 4.69) is 21.3 Å². The lowest BCUT2D eigenvalue weighted by Crippen LogP contribution is -2.35. The molecule has 5 nitrogen and oxygen atoms in total. The van der Waals surface area contributed by atoms with Gasteiger partial charge in [0, 0.05) is 43.7 Å². The largest absolute Gasteiger partial charge is 0.356 e. The molecular formula is C18H25N3O2. The summed E-state index contributed by atoms with van der Waals surface area (Å²) in [5, 5.41) is 6.86. The van der Waals surface area contributed by atoms with Crippen LogP contribution in [0.2, 0.25) is 0 Å². The number of benzene rings is 1. The second-order valence-electron chi connectivity index (χ2n) is 5.79. The van der Waals surface area contributed by atoms with Crippen LogP contribution in [0, 0.1) is 0 Å². The maximum atomic E-state index is 11.9. The molecular weight excluding hydrogens is 290 g/mol. The number of rotatable bonds is 8. The smallest absolute Gasteiger partial charge is 0.221 e. The molecule has 0 aliphatic rings. The van der Waals surface area contributed by atoms with E-state index in [0.29, 0.717) is 25.9 Å². The minimum Gasteiger partial charge on any atom is -0.356 e. The first kappa shape index (κ1) is 17.1. The number of para-hydroxylation sites is 1. The minimum absolute atomic E-state index is 0.0175. The third-order valence-corrected chi connectivity index (χ3v) is 3.95. The Morgan fingerprint density at radius 2 is 1.91 bits per heavy atom. The predicted molar refractivity (Wildman–Crippen MR) is 92.1 cm³/mol. The molecule has 0 saturated carbocycles. The molecule has 0 bridgehead atoms. The molecule has 1 atom stereocenters. The van der Waals surface area contributed by atoms with E-state index in [1.165, 1.54) is 5.39 Å². The Bertz CT molecular complexity index is 663. The zero-order chi connectivity index (χ0) is 16.7. The highest BCUT2D eigenvalue weighted by molar-refractivity contribution is 5.81. The van der Waals surface area contributed by atoms with Crippen molar-refractivity contribution in [2.75, 3.05) is 6.54 Å². The van der Waals surface area contributed by atoms with Gasteiger partial charge >= 0.3 is 0 Å². The Morgan fingerprint density at radius 1 is 1.13 bits per heavy atom. The molecule has 2 N–H and O–H groups in total. The van der Waals surface area contributed by atoms with Crippen molar-refractivity contribution < 1.29 is 9.59 Å². The van der Waals surface area contributed by atoms with E-state index in [1.54, 1.807) is 0 Å². The fourth-order valence-electron chi connectivity index (χ4n) is 2.41. The third-order valence-electron chi connectivity index (χ3n) is 3.95. The zero-order valence-electron chi connectivity index (χ0n) is 13.8. The first-order valence-corrected chi connectivity index (χ1v) is 8.20. The summed E-state index contributed by atoms with van der Waals surface area (Å²) in [5.41, 5.74) is 1.13. The molecule has 1 heterocycles. The van der Waals surface area contributed by atoms with Gasteiger partial charge in [-0.15, -0.1) is 0 Å². The molecule has 23 heavy (non-hydrogen) atoms. The summed E-state index contributed by atoms with van der Waals surface area (Å²) >= 11 is 0. The summed E-state index contributed by atoms with van der Waals surface area (Å²) in [6.45, 7) is 5.02. The number of hydrogen-bond donors (Lipinski definition) is 2. The van der Waals surface area contributed by atoms with Crippen LogP contribution in [0.1, 0.15) is 33.1 Å². The Hall–Kier alpha value is -2.30. The predicted octanol–water partition coefficient (Wildman–Crippen LogP) is 2.45. The second kappa shape index (κ2) is 8.36. The Labute approximate surface area is 137 Å². The lowest BCUT2D eigenvalue weighted by Gasteiger charge is -2.11. The summed E-state index contributed by atoms with van der Waals surface area (Å²) in [5.74, 6) is -0.0461. The van der Waals surface area contributed by atoms with Crippen LogP contribution < -0.4 is 10.6 Å². The Kier molecular flexibility index (Phi) is 6.20. The van der Waals surface area contributed by atoms with Gasteiger partial charge in [0.05, 0.1) is 0 Å². The monoisotopic (exact) mass is 315 g/mol. The number of amides is 2. The van der Waals surface area contributed by atoms with Crippen molar-refractivity contribution in [2.24, 2.45) is 0 Å². The van der Waals surface area contributed by atoms with Gasteiger partial charge in [-0.2, -0.15) is 0 Å². The summed E-state index contributed by atoms with van der Waals surface area (Å²) < 4.78 is 2.07. The molecule has 2 rings (SSSR count). The number of hydrogen-bond acceptors (Lipinski definition) is 2.